The van der Waals surface area contributed by atoms with Crippen molar-refractivity contribution in [2.24, 2.45) is 0 Å². The molecule has 4 unspecified atom stereocenters. The van der Waals surface area contributed by atoms with Gasteiger partial charge in [-0.1, -0.05) is 141 Å². The molecule has 0 saturated carbocycles. The summed E-state index contributed by atoms with van der Waals surface area (Å²) in [6, 6.07) is 2.14. The van der Waals surface area contributed by atoms with Gasteiger partial charge in [-0.3, -0.25) is 0 Å². The van der Waals surface area contributed by atoms with Crippen LogP contribution in [0.2, 0.25) is 25.2 Å². The Morgan fingerprint density at radius 1 is 0.328 bits per heavy atom. The number of unbranched alkanes of at least 4 members (excludes halogenated alkanes) is 14. The predicted molar refractivity (Wildman–Crippen MR) is 303 cm³/mol. The van der Waals surface area contributed by atoms with E-state index < -0.39 is 17.1 Å². The highest BCUT2D eigenvalue weighted by Gasteiger charge is 2.36. The molecule has 0 rings (SSSR count). The first-order valence-electron chi connectivity index (χ1n) is 29.0. The van der Waals surface area contributed by atoms with E-state index in [0.717, 1.165) is 89.6 Å². The molecule has 67 heavy (non-hydrogen) atoms. The van der Waals surface area contributed by atoms with Gasteiger partial charge in [0.25, 0.3) is 0 Å². The Hall–Kier alpha value is -0.846. The van der Waals surface area contributed by atoms with Crippen molar-refractivity contribution in [3.05, 3.63) is 48.6 Å². The van der Waals surface area contributed by atoms with Crippen LogP contribution >= 0.6 is 0 Å². The van der Waals surface area contributed by atoms with Crippen molar-refractivity contribution in [3.63, 3.8) is 0 Å². The van der Waals surface area contributed by atoms with E-state index in [-0.39, 0.29) is 24.4 Å². The first-order chi connectivity index (χ1) is 32.3. The number of hydrogen-bond acceptors (Lipinski definition) is 6. The maximum absolute atomic E-state index is 6.91. The van der Waals surface area contributed by atoms with Crippen LogP contribution in [0.5, 0.6) is 0 Å². The molecule has 0 aromatic carbocycles. The van der Waals surface area contributed by atoms with Gasteiger partial charge in [0.15, 0.2) is 0 Å². The van der Waals surface area contributed by atoms with Crippen molar-refractivity contribution in [3.8, 4) is 0 Å². The third-order valence-corrected chi connectivity index (χ3v) is 19.4. The fraction of sp³-hybridized carbons (Fsp3) is 0.864. The summed E-state index contributed by atoms with van der Waals surface area (Å²) in [5, 5.41) is 0. The normalized spacial score (nSPS) is 16.3. The maximum atomic E-state index is 6.91. The van der Waals surface area contributed by atoms with Gasteiger partial charge < -0.3 is 27.5 Å². The third-order valence-electron chi connectivity index (χ3n) is 13.2. The van der Waals surface area contributed by atoms with Crippen molar-refractivity contribution < 1.29 is 17.7 Å². The second-order valence-corrected chi connectivity index (χ2v) is 27.5. The minimum atomic E-state index is -2.32. The lowest BCUT2D eigenvalue weighted by Crippen LogP contribution is -2.44. The highest BCUT2D eigenvalue weighted by atomic mass is 28.4. The second kappa shape index (κ2) is 46.2. The summed E-state index contributed by atoms with van der Waals surface area (Å²) in [7, 11) is -0.0293. The van der Waals surface area contributed by atoms with E-state index in [4.69, 9.17) is 17.7 Å². The smallest absolute Gasteiger partial charge is 0.335 e. The van der Waals surface area contributed by atoms with Crippen LogP contribution in [-0.2, 0) is 17.7 Å². The van der Waals surface area contributed by atoms with Crippen molar-refractivity contribution in [1.82, 2.24) is 9.80 Å². The average molecular weight is 976 g/mol. The fourth-order valence-corrected chi connectivity index (χ4v) is 15.3. The highest BCUT2D eigenvalue weighted by Crippen LogP contribution is 2.26. The van der Waals surface area contributed by atoms with E-state index in [1.54, 1.807) is 0 Å². The van der Waals surface area contributed by atoms with Gasteiger partial charge >= 0.3 is 17.1 Å². The van der Waals surface area contributed by atoms with Gasteiger partial charge in [-0.2, -0.15) is 0 Å². The Bertz CT molecular complexity index is 1030. The summed E-state index contributed by atoms with van der Waals surface area (Å²) in [6.07, 6.45) is 55.0. The number of rotatable bonds is 50. The van der Waals surface area contributed by atoms with E-state index in [2.05, 4.69) is 141 Å². The van der Waals surface area contributed by atoms with Gasteiger partial charge in [0.2, 0.25) is 0 Å². The van der Waals surface area contributed by atoms with Gasteiger partial charge in [-0.25, -0.2) is 0 Å². The van der Waals surface area contributed by atoms with Crippen LogP contribution in [0.25, 0.3) is 0 Å². The van der Waals surface area contributed by atoms with E-state index in [0.29, 0.717) is 0 Å². The Balaban J connectivity index is 4.97. The predicted octanol–water partition coefficient (Wildman–Crippen LogP) is 18.2. The van der Waals surface area contributed by atoms with Crippen LogP contribution in [0.4, 0.5) is 0 Å². The molecule has 6 nitrogen and oxygen atoms in total. The maximum Gasteiger partial charge on any atom is 0.335 e. The Morgan fingerprint density at radius 2 is 0.567 bits per heavy atom. The van der Waals surface area contributed by atoms with Crippen molar-refractivity contribution in [2.45, 2.75) is 291 Å². The topological polar surface area (TPSA) is 43.4 Å². The third kappa shape index (κ3) is 43.7. The number of nitrogens with zero attached hydrogens (tertiary/aromatic N) is 2. The molecule has 0 aliphatic carbocycles. The van der Waals surface area contributed by atoms with E-state index >= 15 is 0 Å². The zero-order chi connectivity index (χ0) is 49.7. The highest BCUT2D eigenvalue weighted by molar-refractivity contribution is 6.66. The number of allylic oxidation sites excluding steroid dienone is 8. The lowest BCUT2D eigenvalue weighted by Gasteiger charge is -2.33. The van der Waals surface area contributed by atoms with Gasteiger partial charge in [-0.05, 0) is 215 Å². The van der Waals surface area contributed by atoms with Gasteiger partial charge in [0.1, 0.15) is 0 Å². The largest absolute Gasteiger partial charge is 0.392 e. The van der Waals surface area contributed by atoms with Crippen LogP contribution in [-0.4, -0.2) is 91.6 Å². The standard InChI is InChI=1S/C59H118N2O4Si2/c1-13-17-21-25-29-33-37-46-56(5)62-66(11,63-57(6)47-38-34-30-26-22-18-14-2)54-43-41-50-60(9)52-45-53-61(10)51-42-44-55-67(12,64-58(7)48-39-35-31-27-23-19-15-3)65-59(8)49-40-36-32-28-24-20-16-4/h29-36,56-59H,13-28,37-55H2,1-12H3/b33-29-,34-30-,35-31-,36-32-. The quantitative estimate of drug-likeness (QED) is 0.0344. The summed E-state index contributed by atoms with van der Waals surface area (Å²) in [4.78, 5) is 5.08. The van der Waals surface area contributed by atoms with E-state index in [9.17, 15) is 0 Å². The molecule has 0 saturated heterocycles. The molecule has 8 heteroatoms. The molecular formula is C59H118N2O4Si2. The molecule has 0 spiro atoms. The average Bonchev–Trinajstić information content (AvgIpc) is 3.28. The lowest BCUT2D eigenvalue weighted by molar-refractivity contribution is 0.0867. The first-order valence-corrected chi connectivity index (χ1v) is 34.0. The molecule has 0 amide bonds. The van der Waals surface area contributed by atoms with Crippen molar-refractivity contribution >= 4 is 17.1 Å². The minimum Gasteiger partial charge on any atom is -0.392 e. The van der Waals surface area contributed by atoms with Gasteiger partial charge in [0, 0.05) is 24.4 Å². The monoisotopic (exact) mass is 975 g/mol. The van der Waals surface area contributed by atoms with Crippen LogP contribution < -0.4 is 0 Å². The summed E-state index contributed by atoms with van der Waals surface area (Å²) >= 11 is 0. The fourth-order valence-electron chi connectivity index (χ4n) is 9.03. The van der Waals surface area contributed by atoms with Crippen molar-refractivity contribution in [2.75, 3.05) is 40.3 Å². The Labute approximate surface area is 422 Å². The summed E-state index contributed by atoms with van der Waals surface area (Å²) in [6.45, 7) is 27.4. The molecule has 4 atom stereocenters. The Kier molecular flexibility index (Phi) is 45.7. The second-order valence-electron chi connectivity index (χ2n) is 21.0. The van der Waals surface area contributed by atoms with Crippen LogP contribution in [0.1, 0.15) is 242 Å². The van der Waals surface area contributed by atoms with E-state index in [1.165, 1.54) is 135 Å². The Morgan fingerprint density at radius 3 is 0.821 bits per heavy atom. The number of hydrogen-bond donors (Lipinski definition) is 0. The molecule has 0 aliphatic rings. The molecule has 0 fully saturated rings. The van der Waals surface area contributed by atoms with E-state index in [1.807, 2.05) is 0 Å². The molecule has 396 valence electrons. The summed E-state index contributed by atoms with van der Waals surface area (Å²) in [5.74, 6) is 0. The van der Waals surface area contributed by atoms with Gasteiger partial charge in [-0.15, -0.1) is 0 Å². The molecule has 0 N–H and O–H groups in total. The zero-order valence-corrected chi connectivity index (χ0v) is 49.2. The van der Waals surface area contributed by atoms with Crippen LogP contribution in [0, 0.1) is 0 Å². The van der Waals surface area contributed by atoms with Crippen LogP contribution in [0.15, 0.2) is 48.6 Å². The lowest BCUT2D eigenvalue weighted by atomic mass is 10.1. The molecule has 0 heterocycles. The zero-order valence-electron chi connectivity index (χ0n) is 47.2. The molecule has 0 bridgehead atoms. The molecular weight excluding hydrogens is 857 g/mol. The molecule has 0 aliphatic heterocycles. The molecule has 0 aromatic rings. The first kappa shape index (κ1) is 66.2. The summed E-state index contributed by atoms with van der Waals surface area (Å²) < 4.78 is 27.6. The SMILES string of the molecule is CCCCC/C=C\CCC(C)O[Si](C)(CCCCN(C)CCCN(C)CCCC[Si](C)(OC(C)CC/C=C\CCCCC)OC(C)CC/C=C\CCCCC)OC(C)CC/C=C\CCCCC. The van der Waals surface area contributed by atoms with Crippen LogP contribution in [0.3, 0.4) is 0 Å². The molecule has 0 aromatic heterocycles. The summed E-state index contributed by atoms with van der Waals surface area (Å²) in [5.41, 5.74) is 0. The van der Waals surface area contributed by atoms with Gasteiger partial charge in [0.05, 0.1) is 0 Å². The minimum absolute atomic E-state index is 0.229. The molecule has 0 radical (unpaired) electrons. The van der Waals surface area contributed by atoms with Crippen molar-refractivity contribution in [1.29, 1.82) is 0 Å².